The standard InChI is InChI=1S/C28H32N4O4/c1-18-14-21(23-4-2-3-5-25(23)29-18)17-36-22-10-8-20(9-11-22)27(33)30-26-16-32(15-19-6-7-19)13-12-24(26)28(34)31-35/h2-5,8-11,14,19,24,26,35H,6-7,12-13,15-17H2,1H3,(H,30,33)(H,31,34)/t24-,26+/m0/s1. The van der Waals surface area contributed by atoms with Crippen LogP contribution in [0.2, 0.25) is 0 Å². The van der Waals surface area contributed by atoms with Gasteiger partial charge in [-0.2, -0.15) is 0 Å². The van der Waals surface area contributed by atoms with Crippen molar-refractivity contribution in [3.8, 4) is 5.75 Å². The van der Waals surface area contributed by atoms with Gasteiger partial charge in [-0.3, -0.25) is 19.8 Å². The Bertz CT molecular complexity index is 1240. The molecule has 2 fully saturated rings. The van der Waals surface area contributed by atoms with E-state index in [-0.39, 0.29) is 11.9 Å². The van der Waals surface area contributed by atoms with Gasteiger partial charge in [0.2, 0.25) is 5.91 Å². The average Bonchev–Trinajstić information content (AvgIpc) is 3.71. The number of rotatable bonds is 8. The summed E-state index contributed by atoms with van der Waals surface area (Å²) in [5.74, 6) is 0.234. The summed E-state index contributed by atoms with van der Waals surface area (Å²) in [6.07, 6.45) is 3.10. The molecule has 0 spiro atoms. The van der Waals surface area contributed by atoms with Gasteiger partial charge in [0, 0.05) is 35.3 Å². The average molecular weight is 489 g/mol. The summed E-state index contributed by atoms with van der Waals surface area (Å²) in [6, 6.07) is 16.7. The predicted octanol–water partition coefficient (Wildman–Crippen LogP) is 3.46. The van der Waals surface area contributed by atoms with Crippen molar-refractivity contribution in [1.82, 2.24) is 20.7 Å². The highest BCUT2D eigenvalue weighted by molar-refractivity contribution is 5.95. The molecular formula is C28H32N4O4. The van der Waals surface area contributed by atoms with Gasteiger partial charge in [-0.05, 0) is 75.0 Å². The van der Waals surface area contributed by atoms with E-state index in [4.69, 9.17) is 4.74 Å². The number of piperidine rings is 1. The highest BCUT2D eigenvalue weighted by Gasteiger charge is 2.37. The van der Waals surface area contributed by atoms with Crippen LogP contribution in [-0.2, 0) is 11.4 Å². The Kier molecular flexibility index (Phi) is 7.16. The zero-order valence-electron chi connectivity index (χ0n) is 20.4. The number of para-hydroxylation sites is 1. The second-order valence-corrected chi connectivity index (χ2v) is 9.91. The highest BCUT2D eigenvalue weighted by Crippen LogP contribution is 2.31. The molecule has 2 aliphatic rings. The number of hydroxylamine groups is 1. The lowest BCUT2D eigenvalue weighted by Crippen LogP contribution is -2.56. The van der Waals surface area contributed by atoms with E-state index in [2.05, 4.69) is 15.2 Å². The Balaban J connectivity index is 1.22. The molecule has 1 aliphatic carbocycles. The van der Waals surface area contributed by atoms with Crippen LogP contribution in [0.4, 0.5) is 0 Å². The van der Waals surface area contributed by atoms with E-state index in [0.717, 1.165) is 41.2 Å². The van der Waals surface area contributed by atoms with Gasteiger partial charge in [0.25, 0.3) is 5.91 Å². The lowest BCUT2D eigenvalue weighted by atomic mass is 9.90. The minimum Gasteiger partial charge on any atom is -0.489 e. The molecule has 8 nitrogen and oxygen atoms in total. The van der Waals surface area contributed by atoms with Crippen LogP contribution >= 0.6 is 0 Å². The minimum atomic E-state index is -0.462. The molecular weight excluding hydrogens is 456 g/mol. The van der Waals surface area contributed by atoms with Crippen molar-refractivity contribution in [2.45, 2.75) is 38.8 Å². The van der Waals surface area contributed by atoms with Crippen molar-refractivity contribution in [2.24, 2.45) is 11.8 Å². The fourth-order valence-corrected chi connectivity index (χ4v) is 5.02. The molecule has 188 valence electrons. The van der Waals surface area contributed by atoms with Gasteiger partial charge in [0.05, 0.1) is 17.5 Å². The van der Waals surface area contributed by atoms with E-state index in [0.29, 0.717) is 30.9 Å². The molecule has 36 heavy (non-hydrogen) atoms. The zero-order valence-corrected chi connectivity index (χ0v) is 20.4. The van der Waals surface area contributed by atoms with Gasteiger partial charge in [0.15, 0.2) is 0 Å². The summed E-state index contributed by atoms with van der Waals surface area (Å²) in [4.78, 5) is 32.1. The number of hydrogen-bond donors (Lipinski definition) is 3. The Morgan fingerprint density at radius 1 is 1.11 bits per heavy atom. The topological polar surface area (TPSA) is 104 Å². The van der Waals surface area contributed by atoms with Crippen molar-refractivity contribution in [1.29, 1.82) is 0 Å². The summed E-state index contributed by atoms with van der Waals surface area (Å²) in [5, 5.41) is 13.3. The van der Waals surface area contributed by atoms with Crippen LogP contribution in [0.5, 0.6) is 5.75 Å². The first-order valence-electron chi connectivity index (χ1n) is 12.6. The number of aromatic nitrogens is 1. The van der Waals surface area contributed by atoms with Crippen molar-refractivity contribution < 1.29 is 19.5 Å². The summed E-state index contributed by atoms with van der Waals surface area (Å²) >= 11 is 0. The van der Waals surface area contributed by atoms with Gasteiger partial charge < -0.3 is 15.0 Å². The molecule has 3 N–H and O–H groups in total. The summed E-state index contributed by atoms with van der Waals surface area (Å²) in [6.45, 7) is 4.75. The molecule has 2 amide bonds. The van der Waals surface area contributed by atoms with Crippen LogP contribution in [-0.4, -0.2) is 52.6 Å². The molecule has 0 radical (unpaired) electrons. The van der Waals surface area contributed by atoms with Crippen molar-refractivity contribution in [2.75, 3.05) is 19.6 Å². The number of hydrogen-bond acceptors (Lipinski definition) is 6. The molecule has 0 bridgehead atoms. The number of pyridine rings is 1. The lowest BCUT2D eigenvalue weighted by Gasteiger charge is -2.38. The molecule has 3 aromatic rings. The third kappa shape index (κ3) is 5.66. The number of nitrogens with zero attached hydrogens (tertiary/aromatic N) is 2. The summed E-state index contributed by atoms with van der Waals surface area (Å²) < 4.78 is 6.01. The molecule has 0 unspecified atom stereocenters. The number of benzene rings is 2. The lowest BCUT2D eigenvalue weighted by molar-refractivity contribution is -0.135. The monoisotopic (exact) mass is 488 g/mol. The number of nitrogens with one attached hydrogen (secondary N) is 2. The maximum atomic E-state index is 13.0. The van der Waals surface area contributed by atoms with E-state index >= 15 is 0 Å². The largest absolute Gasteiger partial charge is 0.489 e. The van der Waals surface area contributed by atoms with E-state index in [9.17, 15) is 14.8 Å². The number of fused-ring (bicyclic) bond motifs is 1. The number of carbonyl (C=O) groups is 2. The fraction of sp³-hybridized carbons (Fsp3) is 0.393. The van der Waals surface area contributed by atoms with E-state index < -0.39 is 11.8 Å². The number of ether oxygens (including phenoxy) is 1. The van der Waals surface area contributed by atoms with Gasteiger partial charge >= 0.3 is 0 Å². The van der Waals surface area contributed by atoms with Gasteiger partial charge in [-0.1, -0.05) is 18.2 Å². The Labute approximate surface area is 210 Å². The van der Waals surface area contributed by atoms with Gasteiger partial charge in [0.1, 0.15) is 12.4 Å². The molecule has 8 heteroatoms. The number of amides is 2. The molecule has 1 aromatic heterocycles. The van der Waals surface area contributed by atoms with Gasteiger partial charge in [-0.15, -0.1) is 0 Å². The minimum absolute atomic E-state index is 0.244. The molecule has 2 aromatic carbocycles. The van der Waals surface area contributed by atoms with E-state index in [1.165, 1.54) is 12.8 Å². The highest BCUT2D eigenvalue weighted by atomic mass is 16.5. The van der Waals surface area contributed by atoms with E-state index in [1.54, 1.807) is 29.7 Å². The first kappa shape index (κ1) is 24.2. The Morgan fingerprint density at radius 3 is 2.64 bits per heavy atom. The van der Waals surface area contributed by atoms with Crippen LogP contribution in [0.3, 0.4) is 0 Å². The SMILES string of the molecule is Cc1cc(COc2ccc(C(=O)N[C@@H]3CN(CC4CC4)CC[C@@H]3C(=O)NO)cc2)c2ccccc2n1. The first-order valence-corrected chi connectivity index (χ1v) is 12.6. The third-order valence-corrected chi connectivity index (χ3v) is 7.11. The molecule has 1 saturated carbocycles. The van der Waals surface area contributed by atoms with Crippen LogP contribution in [0.15, 0.2) is 54.6 Å². The normalized spacial score (nSPS) is 20.2. The number of likely N-dealkylation sites (tertiary alicyclic amines) is 1. The predicted molar refractivity (Wildman–Crippen MR) is 136 cm³/mol. The van der Waals surface area contributed by atoms with E-state index in [1.807, 2.05) is 37.3 Å². The smallest absolute Gasteiger partial charge is 0.251 e. The molecule has 5 rings (SSSR count). The number of carbonyl (C=O) groups excluding carboxylic acids is 2. The Morgan fingerprint density at radius 2 is 1.89 bits per heavy atom. The first-order chi connectivity index (χ1) is 17.5. The molecule has 2 atom stereocenters. The molecule has 1 saturated heterocycles. The zero-order chi connectivity index (χ0) is 25.1. The van der Waals surface area contributed by atoms with Crippen molar-refractivity contribution >= 4 is 22.7 Å². The fourth-order valence-electron chi connectivity index (χ4n) is 5.02. The molecule has 2 heterocycles. The number of aryl methyl sites for hydroxylation is 1. The van der Waals surface area contributed by atoms with Crippen LogP contribution in [0.25, 0.3) is 10.9 Å². The quantitative estimate of drug-likeness (QED) is 0.331. The third-order valence-electron chi connectivity index (χ3n) is 7.11. The second-order valence-electron chi connectivity index (χ2n) is 9.91. The van der Waals surface area contributed by atoms with Crippen LogP contribution < -0.4 is 15.5 Å². The summed E-state index contributed by atoms with van der Waals surface area (Å²) in [5.41, 5.74) is 5.19. The van der Waals surface area contributed by atoms with Crippen molar-refractivity contribution in [3.63, 3.8) is 0 Å². The maximum Gasteiger partial charge on any atom is 0.251 e. The second kappa shape index (κ2) is 10.6. The van der Waals surface area contributed by atoms with Crippen molar-refractivity contribution in [3.05, 3.63) is 71.4 Å². The summed E-state index contributed by atoms with van der Waals surface area (Å²) in [7, 11) is 0. The van der Waals surface area contributed by atoms with Crippen LogP contribution in [0, 0.1) is 18.8 Å². The molecule has 1 aliphatic heterocycles. The maximum absolute atomic E-state index is 13.0. The Hall–Kier alpha value is -3.49. The van der Waals surface area contributed by atoms with Crippen LogP contribution in [0.1, 0.15) is 40.9 Å². The van der Waals surface area contributed by atoms with Gasteiger partial charge in [-0.25, -0.2) is 5.48 Å².